The molecule has 1 aromatic heterocycles. The Balaban J connectivity index is 1.59. The van der Waals surface area contributed by atoms with E-state index in [4.69, 9.17) is 16.3 Å². The number of halogens is 1. The van der Waals surface area contributed by atoms with Gasteiger partial charge in [-0.15, -0.1) is 0 Å². The Morgan fingerprint density at radius 1 is 1.38 bits per heavy atom. The average Bonchev–Trinajstić information content (AvgIpc) is 3.02. The first-order chi connectivity index (χ1) is 12.5. The molecule has 1 aromatic carbocycles. The number of aryl methyl sites for hydroxylation is 1. The standard InChI is InChI=1S/C18H24ClN5O2/c1-12(9-14-10-13(2)22-23-14)20-18(25)21-17-11-15(3-4-16(17)19)24-5-7-26-8-6-24/h3-4,10-12H,5-9H2,1-2H3,(H,22,23)(H2,20,21,25)/t12-/m1/s1. The van der Waals surface area contributed by atoms with Gasteiger partial charge in [-0.25, -0.2) is 4.79 Å². The van der Waals surface area contributed by atoms with E-state index in [1.54, 1.807) is 6.07 Å². The molecular formula is C18H24ClN5O2. The number of nitrogens with zero attached hydrogens (tertiary/aromatic N) is 2. The van der Waals surface area contributed by atoms with Crippen LogP contribution in [0.3, 0.4) is 0 Å². The number of hydrogen-bond acceptors (Lipinski definition) is 4. The molecule has 1 atom stereocenters. The maximum absolute atomic E-state index is 12.3. The SMILES string of the molecule is Cc1cc(C[C@@H](C)NC(=O)Nc2cc(N3CCOCC3)ccc2Cl)n[nH]1. The van der Waals surface area contributed by atoms with Crippen LogP contribution in [0.5, 0.6) is 0 Å². The van der Waals surface area contributed by atoms with E-state index in [-0.39, 0.29) is 12.1 Å². The van der Waals surface area contributed by atoms with Crippen LogP contribution in [0.25, 0.3) is 0 Å². The van der Waals surface area contributed by atoms with Gasteiger partial charge in [-0.1, -0.05) is 11.6 Å². The summed E-state index contributed by atoms with van der Waals surface area (Å²) in [4.78, 5) is 14.5. The summed E-state index contributed by atoms with van der Waals surface area (Å²) >= 11 is 6.25. The topological polar surface area (TPSA) is 82.3 Å². The molecule has 0 saturated carbocycles. The number of amides is 2. The summed E-state index contributed by atoms with van der Waals surface area (Å²) in [5.41, 5.74) is 3.54. The summed E-state index contributed by atoms with van der Waals surface area (Å²) in [6, 6.07) is 7.29. The van der Waals surface area contributed by atoms with Gasteiger partial charge in [0, 0.05) is 36.9 Å². The fourth-order valence-electron chi connectivity index (χ4n) is 2.95. The highest BCUT2D eigenvalue weighted by Gasteiger charge is 2.15. The number of urea groups is 1. The molecule has 1 aliphatic rings. The highest BCUT2D eigenvalue weighted by molar-refractivity contribution is 6.33. The summed E-state index contributed by atoms with van der Waals surface area (Å²) in [6.07, 6.45) is 0.652. The van der Waals surface area contributed by atoms with Crippen LogP contribution in [-0.4, -0.2) is 48.6 Å². The number of hydrogen-bond donors (Lipinski definition) is 3. The van der Waals surface area contributed by atoms with Gasteiger partial charge < -0.3 is 20.3 Å². The van der Waals surface area contributed by atoms with Gasteiger partial charge in [0.2, 0.25) is 0 Å². The zero-order chi connectivity index (χ0) is 18.5. The molecule has 0 radical (unpaired) electrons. The second kappa shape index (κ2) is 8.42. The van der Waals surface area contributed by atoms with Gasteiger partial charge in [-0.05, 0) is 38.1 Å². The largest absolute Gasteiger partial charge is 0.378 e. The van der Waals surface area contributed by atoms with Gasteiger partial charge in [0.25, 0.3) is 0 Å². The molecule has 140 valence electrons. The van der Waals surface area contributed by atoms with Gasteiger partial charge >= 0.3 is 6.03 Å². The first kappa shape index (κ1) is 18.5. The minimum Gasteiger partial charge on any atom is -0.378 e. The predicted molar refractivity (Wildman–Crippen MR) is 103 cm³/mol. The van der Waals surface area contributed by atoms with E-state index in [9.17, 15) is 4.79 Å². The number of aromatic nitrogens is 2. The lowest BCUT2D eigenvalue weighted by Crippen LogP contribution is -2.38. The second-order valence-electron chi connectivity index (χ2n) is 6.51. The van der Waals surface area contributed by atoms with Crippen LogP contribution in [0.4, 0.5) is 16.2 Å². The Bertz CT molecular complexity index is 758. The molecule has 0 spiro atoms. The van der Waals surface area contributed by atoms with Crippen molar-refractivity contribution in [2.45, 2.75) is 26.3 Å². The van der Waals surface area contributed by atoms with E-state index >= 15 is 0 Å². The number of H-pyrrole nitrogens is 1. The number of aromatic amines is 1. The number of rotatable bonds is 5. The monoisotopic (exact) mass is 377 g/mol. The van der Waals surface area contributed by atoms with E-state index in [2.05, 4.69) is 25.7 Å². The zero-order valence-electron chi connectivity index (χ0n) is 15.0. The number of anilines is 2. The first-order valence-electron chi connectivity index (χ1n) is 8.72. The van der Waals surface area contributed by atoms with E-state index in [1.807, 2.05) is 32.0 Å². The maximum atomic E-state index is 12.3. The highest BCUT2D eigenvalue weighted by Crippen LogP contribution is 2.28. The molecule has 0 bridgehead atoms. The van der Waals surface area contributed by atoms with Crippen LogP contribution in [0.2, 0.25) is 5.02 Å². The number of benzene rings is 1. The van der Waals surface area contributed by atoms with Crippen LogP contribution in [-0.2, 0) is 11.2 Å². The fraction of sp³-hybridized carbons (Fsp3) is 0.444. The Labute approximate surface area is 158 Å². The molecule has 2 heterocycles. The molecule has 3 rings (SSSR count). The Morgan fingerprint density at radius 2 is 2.15 bits per heavy atom. The zero-order valence-corrected chi connectivity index (χ0v) is 15.8. The van der Waals surface area contributed by atoms with Crippen molar-refractivity contribution in [2.24, 2.45) is 0 Å². The van der Waals surface area contributed by atoms with Crippen molar-refractivity contribution in [1.82, 2.24) is 15.5 Å². The summed E-state index contributed by atoms with van der Waals surface area (Å²) in [5, 5.41) is 13.4. The van der Waals surface area contributed by atoms with Gasteiger partial charge in [0.1, 0.15) is 0 Å². The van der Waals surface area contributed by atoms with Crippen LogP contribution in [0.15, 0.2) is 24.3 Å². The summed E-state index contributed by atoms with van der Waals surface area (Å²) in [5.74, 6) is 0. The molecule has 2 amide bonds. The lowest BCUT2D eigenvalue weighted by molar-refractivity contribution is 0.122. The second-order valence-corrected chi connectivity index (χ2v) is 6.92. The molecule has 2 aromatic rings. The van der Waals surface area contributed by atoms with Crippen LogP contribution in [0.1, 0.15) is 18.3 Å². The summed E-state index contributed by atoms with van der Waals surface area (Å²) < 4.78 is 5.38. The lowest BCUT2D eigenvalue weighted by Gasteiger charge is -2.29. The predicted octanol–water partition coefficient (Wildman–Crippen LogP) is 2.96. The molecule has 8 heteroatoms. The third kappa shape index (κ3) is 4.89. The van der Waals surface area contributed by atoms with Crippen molar-refractivity contribution in [2.75, 3.05) is 36.5 Å². The number of nitrogens with one attached hydrogen (secondary N) is 3. The van der Waals surface area contributed by atoms with Crippen LogP contribution < -0.4 is 15.5 Å². The normalized spacial score (nSPS) is 15.6. The lowest BCUT2D eigenvalue weighted by atomic mass is 10.2. The number of carbonyl (C=O) groups is 1. The third-order valence-corrected chi connectivity index (χ3v) is 4.56. The molecule has 3 N–H and O–H groups in total. The van der Waals surface area contributed by atoms with Crippen molar-refractivity contribution < 1.29 is 9.53 Å². The van der Waals surface area contributed by atoms with Gasteiger partial charge in [0.15, 0.2) is 0 Å². The Morgan fingerprint density at radius 3 is 2.85 bits per heavy atom. The third-order valence-electron chi connectivity index (χ3n) is 4.23. The smallest absolute Gasteiger partial charge is 0.319 e. The van der Waals surface area contributed by atoms with Crippen molar-refractivity contribution in [3.05, 3.63) is 40.7 Å². The first-order valence-corrected chi connectivity index (χ1v) is 9.09. The number of morpholine rings is 1. The minimum absolute atomic E-state index is 0.0566. The molecule has 1 saturated heterocycles. The average molecular weight is 378 g/mol. The summed E-state index contributed by atoms with van der Waals surface area (Å²) in [6.45, 7) is 6.95. The molecule has 0 unspecified atom stereocenters. The minimum atomic E-state index is -0.286. The van der Waals surface area contributed by atoms with E-state index < -0.39 is 0 Å². The fourth-order valence-corrected chi connectivity index (χ4v) is 3.12. The number of carbonyl (C=O) groups excluding carboxylic acids is 1. The quantitative estimate of drug-likeness (QED) is 0.748. The molecular weight excluding hydrogens is 354 g/mol. The molecule has 0 aliphatic carbocycles. The van der Waals surface area contributed by atoms with Crippen LogP contribution >= 0.6 is 11.6 Å². The highest BCUT2D eigenvalue weighted by atomic mass is 35.5. The maximum Gasteiger partial charge on any atom is 0.319 e. The van der Waals surface area contributed by atoms with Gasteiger partial charge in [-0.2, -0.15) is 5.10 Å². The van der Waals surface area contributed by atoms with Crippen LogP contribution in [0, 0.1) is 6.92 Å². The molecule has 26 heavy (non-hydrogen) atoms. The van der Waals surface area contributed by atoms with E-state index in [1.165, 1.54) is 0 Å². The van der Waals surface area contributed by atoms with Gasteiger partial charge in [0.05, 0.1) is 29.6 Å². The number of ether oxygens (including phenoxy) is 1. The van der Waals surface area contributed by atoms with Crippen molar-refractivity contribution in [3.8, 4) is 0 Å². The van der Waals surface area contributed by atoms with Crippen molar-refractivity contribution in [1.29, 1.82) is 0 Å². The molecule has 1 aliphatic heterocycles. The van der Waals surface area contributed by atoms with E-state index in [0.29, 0.717) is 30.3 Å². The van der Waals surface area contributed by atoms with Crippen molar-refractivity contribution >= 4 is 29.0 Å². The van der Waals surface area contributed by atoms with Gasteiger partial charge in [-0.3, -0.25) is 5.10 Å². The molecule has 7 nitrogen and oxygen atoms in total. The van der Waals surface area contributed by atoms with Crippen molar-refractivity contribution in [3.63, 3.8) is 0 Å². The molecule has 1 fully saturated rings. The Hall–Kier alpha value is -2.25. The summed E-state index contributed by atoms with van der Waals surface area (Å²) in [7, 11) is 0. The van der Waals surface area contributed by atoms with E-state index in [0.717, 1.165) is 30.2 Å². The Kier molecular flexibility index (Phi) is 6.00.